The summed E-state index contributed by atoms with van der Waals surface area (Å²) in [6.45, 7) is 26.2. The Bertz CT molecular complexity index is 2500. The van der Waals surface area contributed by atoms with Gasteiger partial charge in [0.25, 0.3) is 0 Å². The van der Waals surface area contributed by atoms with Crippen molar-refractivity contribution in [3.63, 3.8) is 0 Å². The molecule has 0 unspecified atom stereocenters. The first-order valence-corrected chi connectivity index (χ1v) is 31.1. The number of anilines is 1. The number of rotatable bonds is 40. The second-order valence-corrected chi connectivity index (χ2v) is 24.2. The number of ether oxygens (including phenoxy) is 3. The highest BCUT2D eigenvalue weighted by Gasteiger charge is 2.44. The number of nitrogens with two attached hydrogens (primary N) is 2. The normalized spacial score (nSPS) is 17.1. The zero-order valence-corrected chi connectivity index (χ0v) is 55.3. The summed E-state index contributed by atoms with van der Waals surface area (Å²) in [7, 11) is 6.07. The van der Waals surface area contributed by atoms with Gasteiger partial charge in [0.1, 0.15) is 30.8 Å². The zero-order chi connectivity index (χ0) is 67.2. The van der Waals surface area contributed by atoms with E-state index in [1.807, 2.05) is 13.8 Å². The minimum atomic E-state index is -1.08. The number of carbonyl (C=O) groups is 9. The summed E-state index contributed by atoms with van der Waals surface area (Å²) in [4.78, 5) is 131. The van der Waals surface area contributed by atoms with Gasteiger partial charge in [-0.05, 0) is 92.4 Å². The van der Waals surface area contributed by atoms with Crippen LogP contribution in [-0.4, -0.2) is 182 Å². The lowest BCUT2D eigenvalue weighted by atomic mass is 9.89. The standard InChI is InChI=1S/C64H107N11O14/c1-17-25-45(19-3)56(78)43(12)68-58(79)42(11)57(87-16)48-27-24-34-75(48)51(77)36-49(86-15)55(41(10)18-2)73(13)62(83)53(39(6)7)72-61(82)54(40(8)9)74(14)64(85)88-37-44-29-31-46(32-30-44)69-59(80)47(26-23-33-67-63(65)84)70-60(81)52(38(4)5)71-50(76)28-21-20-22-35-89-66/h17,19,25,29-32,38-43,47-49,52-57,78H,1,3,18,20-24,26-28,33-37,66H2,2,4-16H3,(H,68,79)(H,69,80)(H,70,81)(H,71,76)(H,72,82)(H3,65,67,84)/b45-25+/t41-,42+,43+,47-,48-,49+,52-,53-,54-,55-,56+,57+/m0/s1. The molecule has 1 heterocycles. The van der Waals surface area contributed by atoms with Gasteiger partial charge in [0.2, 0.25) is 41.4 Å². The number of aliphatic hydroxyl groups is 1. The Labute approximate surface area is 527 Å². The number of allylic oxidation sites excluding steroid dienone is 2. The molecular weight excluding hydrogens is 1150 g/mol. The number of nitrogens with zero attached hydrogens (tertiary/aromatic N) is 3. The van der Waals surface area contributed by atoms with Crippen molar-refractivity contribution in [1.82, 2.24) is 41.3 Å². The Hall–Kier alpha value is -6.93. The van der Waals surface area contributed by atoms with Crippen LogP contribution < -0.4 is 43.5 Å². The smallest absolute Gasteiger partial charge is 0.410 e. The van der Waals surface area contributed by atoms with E-state index in [1.54, 1.807) is 103 Å². The lowest BCUT2D eigenvalue weighted by Crippen LogP contribution is -2.60. The highest BCUT2D eigenvalue weighted by molar-refractivity contribution is 5.98. The van der Waals surface area contributed by atoms with E-state index in [1.165, 1.54) is 38.3 Å². The minimum Gasteiger partial charge on any atom is -0.445 e. The molecule has 1 aliphatic heterocycles. The molecule has 12 atom stereocenters. The van der Waals surface area contributed by atoms with Gasteiger partial charge in [-0.2, -0.15) is 0 Å². The fraction of sp³-hybridized carbons (Fsp3) is 0.672. The average Bonchev–Trinajstić information content (AvgIpc) is 2.85. The summed E-state index contributed by atoms with van der Waals surface area (Å²) in [6, 6.07) is -0.201. The third kappa shape index (κ3) is 24.8. The Kier molecular flexibility index (Phi) is 35.1. The van der Waals surface area contributed by atoms with Crippen LogP contribution in [-0.2, 0) is 59.2 Å². The molecule has 25 nitrogen and oxygen atoms in total. The molecule has 11 N–H and O–H groups in total. The van der Waals surface area contributed by atoms with Crippen molar-refractivity contribution >= 4 is 59.2 Å². The monoisotopic (exact) mass is 1250 g/mol. The zero-order valence-electron chi connectivity index (χ0n) is 55.3. The van der Waals surface area contributed by atoms with Crippen molar-refractivity contribution in [2.24, 2.45) is 41.2 Å². The first-order chi connectivity index (χ1) is 42.0. The van der Waals surface area contributed by atoms with E-state index in [4.69, 9.17) is 25.8 Å². The lowest BCUT2D eigenvalue weighted by Gasteiger charge is -2.41. The first-order valence-electron chi connectivity index (χ1n) is 31.1. The van der Waals surface area contributed by atoms with Gasteiger partial charge in [-0.15, -0.1) is 0 Å². The second kappa shape index (κ2) is 39.9. The first kappa shape index (κ1) is 78.2. The van der Waals surface area contributed by atoms with Crippen LogP contribution in [0.2, 0.25) is 0 Å². The third-order valence-electron chi connectivity index (χ3n) is 16.4. The van der Waals surface area contributed by atoms with Gasteiger partial charge in [-0.25, -0.2) is 15.5 Å². The highest BCUT2D eigenvalue weighted by Crippen LogP contribution is 2.30. The summed E-state index contributed by atoms with van der Waals surface area (Å²) >= 11 is 0. The Morgan fingerprint density at radius 3 is 1.99 bits per heavy atom. The Morgan fingerprint density at radius 1 is 0.787 bits per heavy atom. The average molecular weight is 1250 g/mol. The third-order valence-corrected chi connectivity index (χ3v) is 16.4. The van der Waals surface area contributed by atoms with Gasteiger partial charge in [-0.3, -0.25) is 38.5 Å². The van der Waals surface area contributed by atoms with Gasteiger partial charge in [0.05, 0.1) is 55.4 Å². The number of hydrogen-bond acceptors (Lipinski definition) is 15. The van der Waals surface area contributed by atoms with Crippen molar-refractivity contribution in [3.05, 3.63) is 66.8 Å². The maximum absolute atomic E-state index is 14.8. The molecule has 1 saturated heterocycles. The predicted molar refractivity (Wildman–Crippen MR) is 341 cm³/mol. The molecule has 10 amide bonds. The minimum absolute atomic E-state index is 0.0961. The van der Waals surface area contributed by atoms with E-state index >= 15 is 0 Å². The molecule has 1 fully saturated rings. The van der Waals surface area contributed by atoms with Crippen LogP contribution in [0.1, 0.15) is 139 Å². The van der Waals surface area contributed by atoms with E-state index in [0.29, 0.717) is 68.5 Å². The van der Waals surface area contributed by atoms with Crippen LogP contribution in [0, 0.1) is 29.6 Å². The van der Waals surface area contributed by atoms with Crippen LogP contribution in [0.25, 0.3) is 0 Å². The summed E-state index contributed by atoms with van der Waals surface area (Å²) in [6.07, 6.45) is 5.65. The maximum atomic E-state index is 14.8. The Morgan fingerprint density at radius 2 is 1.44 bits per heavy atom. The number of benzene rings is 1. The number of hydrogen-bond donors (Lipinski definition) is 9. The molecule has 502 valence electrons. The van der Waals surface area contributed by atoms with Gasteiger partial charge in [-0.1, -0.05) is 119 Å². The van der Waals surface area contributed by atoms with Gasteiger partial charge in [0.15, 0.2) is 0 Å². The summed E-state index contributed by atoms with van der Waals surface area (Å²) < 4.78 is 17.7. The van der Waals surface area contributed by atoms with Crippen LogP contribution in [0.3, 0.4) is 0 Å². The molecule has 0 spiro atoms. The van der Waals surface area contributed by atoms with E-state index in [-0.39, 0.29) is 68.4 Å². The van der Waals surface area contributed by atoms with Crippen LogP contribution in [0.4, 0.5) is 15.3 Å². The van der Waals surface area contributed by atoms with E-state index < -0.39 is 114 Å². The van der Waals surface area contributed by atoms with Crippen molar-refractivity contribution < 1.29 is 67.3 Å². The number of primary amides is 1. The number of unbranched alkanes of at least 4 members (excludes halogenated alkanes) is 2. The summed E-state index contributed by atoms with van der Waals surface area (Å²) in [5.74, 6) is -0.0368. The number of nitrogens with one attached hydrogen (secondary N) is 6. The van der Waals surface area contributed by atoms with Crippen molar-refractivity contribution in [3.8, 4) is 0 Å². The van der Waals surface area contributed by atoms with Crippen LogP contribution in [0.15, 0.2) is 61.2 Å². The van der Waals surface area contributed by atoms with Crippen LogP contribution >= 0.6 is 0 Å². The highest BCUT2D eigenvalue weighted by atomic mass is 16.6. The fourth-order valence-corrected chi connectivity index (χ4v) is 11.1. The molecule has 0 bridgehead atoms. The molecule has 1 aromatic carbocycles. The number of urea groups is 1. The molecule has 1 aromatic rings. The molecule has 0 aliphatic carbocycles. The predicted octanol–water partition coefficient (Wildman–Crippen LogP) is 4.97. The molecular formula is C64H107N11O14. The van der Waals surface area contributed by atoms with Crippen molar-refractivity contribution in [2.75, 3.05) is 53.3 Å². The number of likely N-dealkylation sites (tertiary alicyclic amines) is 1. The number of amides is 10. The van der Waals surface area contributed by atoms with Gasteiger partial charge < -0.3 is 71.6 Å². The Balaban J connectivity index is 2.22. The lowest BCUT2D eigenvalue weighted by molar-refractivity contribution is -0.148. The number of aliphatic hydroxyl groups excluding tert-OH is 1. The van der Waals surface area contributed by atoms with E-state index in [2.05, 4.69) is 49.9 Å². The molecule has 0 aromatic heterocycles. The van der Waals surface area contributed by atoms with Crippen LogP contribution in [0.5, 0.6) is 0 Å². The molecule has 0 radical (unpaired) electrons. The van der Waals surface area contributed by atoms with E-state index in [9.17, 15) is 48.3 Å². The molecule has 2 rings (SSSR count). The SMILES string of the molecule is C=C/C=C(\C=C)[C@H](O)[C@@H](C)NC(=O)[C@H](C)[C@@H](OC)[C@@H]1CCCN1C(=O)C[C@@H](OC)[C@H]([C@@H](C)CC)N(C)C(=O)[C@@H](NC(=O)[C@H](C(C)C)N(C)C(=O)OCc1ccc(NC(=O)[C@H](CCCNC(N)=O)NC(=O)[C@@H](NC(=O)CCCCCON)C(C)C)cc1)C(C)C. The van der Waals surface area contributed by atoms with Crippen molar-refractivity contribution in [2.45, 2.75) is 201 Å². The maximum Gasteiger partial charge on any atom is 0.410 e. The molecule has 25 heteroatoms. The van der Waals surface area contributed by atoms with E-state index in [0.717, 1.165) is 0 Å². The molecule has 1 aliphatic rings. The molecule has 89 heavy (non-hydrogen) atoms. The largest absolute Gasteiger partial charge is 0.445 e. The number of likely N-dealkylation sites (N-methyl/N-ethyl adjacent to an activating group) is 2. The number of methoxy groups -OCH3 is 2. The fourth-order valence-electron chi connectivity index (χ4n) is 11.1. The topological polar surface area (TPSA) is 345 Å². The van der Waals surface area contributed by atoms with Crippen molar-refractivity contribution in [1.29, 1.82) is 0 Å². The quantitative estimate of drug-likeness (QED) is 0.0238. The number of carbonyl (C=O) groups excluding carboxylic acids is 9. The second-order valence-electron chi connectivity index (χ2n) is 24.2. The van der Waals surface area contributed by atoms with Gasteiger partial charge in [0, 0.05) is 53.5 Å². The summed E-state index contributed by atoms with van der Waals surface area (Å²) in [5.41, 5.74) is 6.62. The van der Waals surface area contributed by atoms with Gasteiger partial charge >= 0.3 is 12.1 Å². The summed E-state index contributed by atoms with van der Waals surface area (Å²) in [5, 5.41) is 27.5. The molecule has 0 saturated carbocycles.